The van der Waals surface area contributed by atoms with Crippen molar-refractivity contribution in [2.75, 3.05) is 20.2 Å². The van der Waals surface area contributed by atoms with Gasteiger partial charge in [-0.25, -0.2) is 0 Å². The Labute approximate surface area is 132 Å². The Morgan fingerprint density at radius 1 is 1.00 bits per heavy atom. The van der Waals surface area contributed by atoms with Gasteiger partial charge in [0.2, 0.25) is 0 Å². The lowest BCUT2D eigenvalue weighted by molar-refractivity contribution is 0.410. The van der Waals surface area contributed by atoms with E-state index < -0.39 is 0 Å². The molecule has 1 heterocycles. The van der Waals surface area contributed by atoms with E-state index in [-0.39, 0.29) is 0 Å². The van der Waals surface area contributed by atoms with Crippen molar-refractivity contribution >= 4 is 0 Å². The van der Waals surface area contributed by atoms with Crippen LogP contribution in [0.4, 0.5) is 0 Å². The highest BCUT2D eigenvalue weighted by molar-refractivity contribution is 5.45. The van der Waals surface area contributed by atoms with E-state index in [0.717, 1.165) is 35.9 Å². The maximum absolute atomic E-state index is 6.22. The molecule has 0 unspecified atom stereocenters. The number of rotatable bonds is 4. The number of benzene rings is 2. The number of aryl methyl sites for hydroxylation is 1. The first-order valence-electron chi connectivity index (χ1n) is 7.90. The van der Waals surface area contributed by atoms with E-state index in [1.807, 2.05) is 31.2 Å². The lowest BCUT2D eigenvalue weighted by atomic mass is 9.89. The van der Waals surface area contributed by atoms with Crippen LogP contribution in [0.2, 0.25) is 0 Å². The molecule has 0 spiro atoms. The van der Waals surface area contributed by atoms with E-state index in [4.69, 9.17) is 9.47 Å². The summed E-state index contributed by atoms with van der Waals surface area (Å²) in [5.41, 5.74) is 2.40. The molecule has 0 atom stereocenters. The molecule has 1 saturated heterocycles. The molecule has 3 nitrogen and oxygen atoms in total. The highest BCUT2D eigenvalue weighted by Crippen LogP contribution is 2.36. The number of methoxy groups -OCH3 is 1. The minimum Gasteiger partial charge on any atom is -0.497 e. The fourth-order valence-electron chi connectivity index (χ4n) is 3.03. The number of hydrogen-bond acceptors (Lipinski definition) is 3. The molecule has 1 aliphatic heterocycles. The summed E-state index contributed by atoms with van der Waals surface area (Å²) in [5, 5.41) is 3.42. The summed E-state index contributed by atoms with van der Waals surface area (Å²) in [7, 11) is 1.68. The molecule has 2 aromatic rings. The Bertz CT molecular complexity index is 633. The van der Waals surface area contributed by atoms with Crippen molar-refractivity contribution in [2.45, 2.75) is 25.7 Å². The van der Waals surface area contributed by atoms with E-state index in [2.05, 4.69) is 23.5 Å². The van der Waals surface area contributed by atoms with Gasteiger partial charge in [0.1, 0.15) is 17.2 Å². The van der Waals surface area contributed by atoms with Gasteiger partial charge in [0.25, 0.3) is 0 Å². The van der Waals surface area contributed by atoms with Crippen LogP contribution in [-0.2, 0) is 0 Å². The highest BCUT2D eigenvalue weighted by Gasteiger charge is 2.19. The molecule has 0 aromatic heterocycles. The molecule has 0 saturated carbocycles. The topological polar surface area (TPSA) is 30.5 Å². The van der Waals surface area contributed by atoms with Gasteiger partial charge in [-0.1, -0.05) is 18.2 Å². The van der Waals surface area contributed by atoms with Crippen LogP contribution >= 0.6 is 0 Å². The average Bonchev–Trinajstić information content (AvgIpc) is 2.58. The molecule has 0 aliphatic carbocycles. The lowest BCUT2D eigenvalue weighted by Gasteiger charge is -2.25. The summed E-state index contributed by atoms with van der Waals surface area (Å²) in [5.74, 6) is 3.30. The van der Waals surface area contributed by atoms with E-state index in [1.54, 1.807) is 7.11 Å². The number of ether oxygens (including phenoxy) is 2. The molecule has 0 amide bonds. The number of para-hydroxylation sites is 1. The third-order valence-electron chi connectivity index (χ3n) is 4.30. The second-order valence-corrected chi connectivity index (χ2v) is 5.80. The molecule has 1 fully saturated rings. The van der Waals surface area contributed by atoms with Crippen LogP contribution in [0.5, 0.6) is 17.2 Å². The minimum atomic E-state index is 0.580. The average molecular weight is 297 g/mol. The molecule has 1 aliphatic rings. The number of hydrogen-bond donors (Lipinski definition) is 1. The van der Waals surface area contributed by atoms with Crippen molar-refractivity contribution in [3.8, 4) is 17.2 Å². The normalized spacial score (nSPS) is 15.5. The summed E-state index contributed by atoms with van der Waals surface area (Å²) in [6.45, 7) is 4.21. The van der Waals surface area contributed by atoms with Gasteiger partial charge >= 0.3 is 0 Å². The van der Waals surface area contributed by atoms with Gasteiger partial charge in [0, 0.05) is 0 Å². The molecule has 3 rings (SSSR count). The van der Waals surface area contributed by atoms with Gasteiger partial charge in [-0.2, -0.15) is 0 Å². The largest absolute Gasteiger partial charge is 0.497 e. The molecule has 1 N–H and O–H groups in total. The molecule has 22 heavy (non-hydrogen) atoms. The molecular formula is C19H23NO2. The first-order valence-corrected chi connectivity index (χ1v) is 7.90. The first-order chi connectivity index (χ1) is 10.8. The fraction of sp³-hybridized carbons (Fsp3) is 0.368. The first kappa shape index (κ1) is 14.9. The quantitative estimate of drug-likeness (QED) is 0.914. The van der Waals surface area contributed by atoms with Crippen molar-refractivity contribution in [3.63, 3.8) is 0 Å². The minimum absolute atomic E-state index is 0.580. The molecule has 116 valence electrons. The van der Waals surface area contributed by atoms with Crippen molar-refractivity contribution in [1.82, 2.24) is 5.32 Å². The zero-order valence-electron chi connectivity index (χ0n) is 13.3. The van der Waals surface area contributed by atoms with Gasteiger partial charge in [-0.05, 0) is 74.2 Å². The Balaban J connectivity index is 1.86. The van der Waals surface area contributed by atoms with E-state index in [9.17, 15) is 0 Å². The van der Waals surface area contributed by atoms with Crippen molar-refractivity contribution in [1.29, 1.82) is 0 Å². The van der Waals surface area contributed by atoms with Crippen LogP contribution in [0, 0.1) is 6.92 Å². The van der Waals surface area contributed by atoms with Gasteiger partial charge in [0.05, 0.1) is 7.11 Å². The van der Waals surface area contributed by atoms with E-state index in [0.29, 0.717) is 5.92 Å². The van der Waals surface area contributed by atoms with Gasteiger partial charge in [-0.3, -0.25) is 0 Å². The van der Waals surface area contributed by atoms with Gasteiger partial charge in [0.15, 0.2) is 0 Å². The second-order valence-electron chi connectivity index (χ2n) is 5.80. The molecule has 3 heteroatoms. The number of piperidine rings is 1. The van der Waals surface area contributed by atoms with Crippen LogP contribution in [0.3, 0.4) is 0 Å². The SMILES string of the molecule is COc1ccc(Oc2ccccc2C2CCNCC2)c(C)c1. The van der Waals surface area contributed by atoms with E-state index in [1.165, 1.54) is 18.4 Å². The van der Waals surface area contributed by atoms with Crippen LogP contribution in [0.15, 0.2) is 42.5 Å². The molecule has 0 bridgehead atoms. The van der Waals surface area contributed by atoms with Crippen molar-refractivity contribution < 1.29 is 9.47 Å². The summed E-state index contributed by atoms with van der Waals surface area (Å²) in [4.78, 5) is 0. The van der Waals surface area contributed by atoms with Crippen LogP contribution in [-0.4, -0.2) is 20.2 Å². The predicted molar refractivity (Wildman–Crippen MR) is 89.1 cm³/mol. The zero-order chi connectivity index (χ0) is 15.4. The van der Waals surface area contributed by atoms with Crippen molar-refractivity contribution in [3.05, 3.63) is 53.6 Å². The Morgan fingerprint density at radius 2 is 1.77 bits per heavy atom. The molecular weight excluding hydrogens is 274 g/mol. The maximum Gasteiger partial charge on any atom is 0.130 e. The second kappa shape index (κ2) is 6.84. The van der Waals surface area contributed by atoms with Crippen molar-refractivity contribution in [2.24, 2.45) is 0 Å². The lowest BCUT2D eigenvalue weighted by Crippen LogP contribution is -2.26. The van der Waals surface area contributed by atoms with Gasteiger partial charge < -0.3 is 14.8 Å². The molecule has 0 radical (unpaired) electrons. The summed E-state index contributed by atoms with van der Waals surface area (Å²) >= 11 is 0. The fourth-order valence-corrected chi connectivity index (χ4v) is 3.03. The Hall–Kier alpha value is -2.00. The third-order valence-corrected chi connectivity index (χ3v) is 4.30. The predicted octanol–water partition coefficient (Wildman–Crippen LogP) is 4.26. The highest BCUT2D eigenvalue weighted by atomic mass is 16.5. The smallest absolute Gasteiger partial charge is 0.130 e. The monoisotopic (exact) mass is 297 g/mol. The Kier molecular flexibility index (Phi) is 4.64. The van der Waals surface area contributed by atoms with Gasteiger partial charge in [-0.15, -0.1) is 0 Å². The summed E-state index contributed by atoms with van der Waals surface area (Å²) in [6.07, 6.45) is 2.34. The number of nitrogens with one attached hydrogen (secondary N) is 1. The maximum atomic E-state index is 6.22. The summed E-state index contributed by atoms with van der Waals surface area (Å²) in [6, 6.07) is 14.3. The Morgan fingerprint density at radius 3 is 2.50 bits per heavy atom. The summed E-state index contributed by atoms with van der Waals surface area (Å²) < 4.78 is 11.5. The van der Waals surface area contributed by atoms with Crippen LogP contribution < -0.4 is 14.8 Å². The zero-order valence-corrected chi connectivity index (χ0v) is 13.3. The standard InChI is InChI=1S/C19H23NO2/c1-14-13-16(21-2)7-8-18(14)22-19-6-4-3-5-17(19)15-9-11-20-12-10-15/h3-8,13,15,20H,9-12H2,1-2H3. The van der Waals surface area contributed by atoms with Crippen LogP contribution in [0.1, 0.15) is 29.9 Å². The molecule has 2 aromatic carbocycles. The van der Waals surface area contributed by atoms with E-state index >= 15 is 0 Å². The third kappa shape index (κ3) is 3.25. The van der Waals surface area contributed by atoms with Crippen LogP contribution in [0.25, 0.3) is 0 Å².